The number of para-hydroxylation sites is 1. The molecule has 0 bridgehead atoms. The maximum Gasteiger partial charge on any atom is 0.120 e. The SMILES string of the molecule is [2H]C(C)(c1ccccc1)c1cc[c-]c(-c2ccccn2)c1.[Ir].[c-]1cc2oc3ccccc3c2cc1-c1cc(CC2CCCC2)ccn1. The molecular formula is C42H36IrN2O-2. The van der Waals surface area contributed by atoms with Crippen molar-refractivity contribution < 1.29 is 25.9 Å². The maximum atomic E-state index is 8.73. The second-order valence-corrected chi connectivity index (χ2v) is 11.8. The van der Waals surface area contributed by atoms with E-state index in [1.807, 2.05) is 104 Å². The van der Waals surface area contributed by atoms with Crippen LogP contribution in [0, 0.1) is 18.1 Å². The number of fused-ring (bicyclic) bond motifs is 3. The third-order valence-electron chi connectivity index (χ3n) is 8.79. The van der Waals surface area contributed by atoms with E-state index in [9.17, 15) is 0 Å². The van der Waals surface area contributed by atoms with Gasteiger partial charge in [0.2, 0.25) is 0 Å². The predicted octanol–water partition coefficient (Wildman–Crippen LogP) is 10.9. The van der Waals surface area contributed by atoms with Crippen LogP contribution in [0.15, 0.2) is 132 Å². The van der Waals surface area contributed by atoms with Crippen LogP contribution in [0.4, 0.5) is 0 Å². The number of furan rings is 1. The van der Waals surface area contributed by atoms with Crippen LogP contribution in [-0.2, 0) is 26.5 Å². The second kappa shape index (κ2) is 14.8. The Morgan fingerprint density at radius 3 is 2.33 bits per heavy atom. The van der Waals surface area contributed by atoms with Crippen molar-refractivity contribution in [3.8, 4) is 22.5 Å². The van der Waals surface area contributed by atoms with Gasteiger partial charge in [-0.2, -0.15) is 0 Å². The van der Waals surface area contributed by atoms with E-state index in [1.165, 1.54) is 37.7 Å². The van der Waals surface area contributed by atoms with Crippen molar-refractivity contribution in [2.45, 2.75) is 44.9 Å². The molecular weight excluding hydrogens is 741 g/mol. The first-order valence-corrected chi connectivity index (χ1v) is 15.8. The number of hydrogen-bond donors (Lipinski definition) is 0. The van der Waals surface area contributed by atoms with Gasteiger partial charge < -0.3 is 14.4 Å². The quantitative estimate of drug-likeness (QED) is 0.158. The van der Waals surface area contributed by atoms with E-state index in [2.05, 4.69) is 46.4 Å². The van der Waals surface area contributed by atoms with Crippen molar-refractivity contribution >= 4 is 21.9 Å². The number of rotatable bonds is 6. The van der Waals surface area contributed by atoms with E-state index in [1.54, 1.807) is 6.20 Å². The molecule has 1 radical (unpaired) electrons. The minimum atomic E-state index is -0.792. The minimum Gasteiger partial charge on any atom is -0.500 e. The molecule has 4 heteroatoms. The molecule has 1 saturated carbocycles. The third-order valence-corrected chi connectivity index (χ3v) is 8.79. The van der Waals surface area contributed by atoms with Crippen LogP contribution >= 0.6 is 0 Å². The number of pyridine rings is 2. The van der Waals surface area contributed by atoms with Crippen LogP contribution in [0.1, 0.15) is 56.6 Å². The van der Waals surface area contributed by atoms with E-state index in [4.69, 9.17) is 5.79 Å². The van der Waals surface area contributed by atoms with Crippen LogP contribution in [-0.4, -0.2) is 9.97 Å². The number of hydrogen-bond acceptors (Lipinski definition) is 3. The van der Waals surface area contributed by atoms with E-state index < -0.39 is 5.89 Å². The summed E-state index contributed by atoms with van der Waals surface area (Å²) in [5.41, 5.74) is 8.94. The summed E-state index contributed by atoms with van der Waals surface area (Å²) in [7, 11) is 0. The van der Waals surface area contributed by atoms with Crippen molar-refractivity contribution in [2.75, 3.05) is 0 Å². The Morgan fingerprint density at radius 1 is 0.739 bits per heavy atom. The summed E-state index contributed by atoms with van der Waals surface area (Å²) in [6, 6.07) is 44.7. The molecule has 0 aliphatic heterocycles. The molecule has 1 aliphatic rings. The molecule has 3 heterocycles. The molecule has 3 aromatic heterocycles. The summed E-state index contributed by atoms with van der Waals surface area (Å²) >= 11 is 0. The molecule has 46 heavy (non-hydrogen) atoms. The fourth-order valence-electron chi connectivity index (χ4n) is 6.34. The molecule has 4 aromatic carbocycles. The van der Waals surface area contributed by atoms with Gasteiger partial charge in [0, 0.05) is 39.3 Å². The standard InChI is InChI=1S/C23H20NO.C19H16N.Ir/c1-2-6-16(5-1)13-17-11-12-24-21(14-17)18-9-10-23-20(15-18)19-7-3-4-8-22(19)25-23;1-15(16-8-3-2-4-9-16)17-10-7-11-18(14-17)19-12-5-6-13-20-19;/h3-4,7-8,10-12,14-16H,1-2,5-6,13H2;2-10,12-15H,1H3;/q2*-1;/i;15D;. The molecule has 231 valence electrons. The average Bonchev–Trinajstić information content (AvgIpc) is 3.77. The molecule has 1 unspecified atom stereocenters. The van der Waals surface area contributed by atoms with Crippen molar-refractivity contribution in [3.05, 3.63) is 156 Å². The monoisotopic (exact) mass is 778 g/mol. The van der Waals surface area contributed by atoms with E-state index in [0.717, 1.165) is 61.5 Å². The molecule has 3 nitrogen and oxygen atoms in total. The zero-order valence-electron chi connectivity index (χ0n) is 26.9. The Morgan fingerprint density at radius 2 is 1.50 bits per heavy atom. The fraction of sp³-hybridized carbons (Fsp3) is 0.190. The van der Waals surface area contributed by atoms with Gasteiger partial charge in [-0.05, 0) is 53.4 Å². The zero-order chi connectivity index (χ0) is 31.3. The van der Waals surface area contributed by atoms with Gasteiger partial charge >= 0.3 is 0 Å². The fourth-order valence-corrected chi connectivity index (χ4v) is 6.34. The van der Waals surface area contributed by atoms with E-state index >= 15 is 0 Å². The molecule has 1 aliphatic carbocycles. The van der Waals surface area contributed by atoms with Crippen molar-refractivity contribution in [1.82, 2.24) is 9.97 Å². The molecule has 0 N–H and O–H groups in total. The van der Waals surface area contributed by atoms with Crippen LogP contribution in [0.25, 0.3) is 44.5 Å². The summed E-state index contributed by atoms with van der Waals surface area (Å²) in [5, 5.41) is 2.28. The molecule has 8 rings (SSSR count). The Balaban J connectivity index is 0.000000164. The van der Waals surface area contributed by atoms with Gasteiger partial charge in [-0.15, -0.1) is 59.2 Å². The Labute approximate surface area is 286 Å². The van der Waals surface area contributed by atoms with Gasteiger partial charge in [0.05, 0.1) is 5.58 Å². The summed E-state index contributed by atoms with van der Waals surface area (Å²) in [5.74, 6) is 0.0550. The van der Waals surface area contributed by atoms with Crippen molar-refractivity contribution in [2.24, 2.45) is 5.92 Å². The Bertz CT molecular complexity index is 2070. The zero-order valence-corrected chi connectivity index (χ0v) is 28.3. The number of nitrogens with zero attached hydrogens (tertiary/aromatic N) is 2. The van der Waals surface area contributed by atoms with Crippen LogP contribution in [0.3, 0.4) is 0 Å². The predicted molar refractivity (Wildman–Crippen MR) is 184 cm³/mol. The molecule has 1 fully saturated rings. The number of aromatic nitrogens is 2. The molecule has 7 aromatic rings. The summed E-state index contributed by atoms with van der Waals surface area (Å²) < 4.78 is 14.6. The second-order valence-electron chi connectivity index (χ2n) is 11.8. The maximum absolute atomic E-state index is 8.73. The van der Waals surface area contributed by atoms with Crippen LogP contribution < -0.4 is 0 Å². The van der Waals surface area contributed by atoms with Gasteiger partial charge in [0.25, 0.3) is 0 Å². The Hall–Kier alpha value is -4.37. The third kappa shape index (κ3) is 7.20. The van der Waals surface area contributed by atoms with Crippen LogP contribution in [0.2, 0.25) is 0 Å². The van der Waals surface area contributed by atoms with Crippen LogP contribution in [0.5, 0.6) is 0 Å². The van der Waals surface area contributed by atoms with Gasteiger partial charge in [-0.1, -0.05) is 110 Å². The van der Waals surface area contributed by atoms with Gasteiger partial charge in [-0.25, -0.2) is 0 Å². The van der Waals surface area contributed by atoms with Gasteiger partial charge in [0.15, 0.2) is 0 Å². The Kier molecular flexibility index (Phi) is 9.76. The van der Waals surface area contributed by atoms with Gasteiger partial charge in [0.1, 0.15) is 5.58 Å². The normalized spacial score (nSPS) is 14.6. The largest absolute Gasteiger partial charge is 0.500 e. The first-order valence-electron chi connectivity index (χ1n) is 16.3. The topological polar surface area (TPSA) is 38.9 Å². The first-order chi connectivity index (χ1) is 22.5. The molecule has 0 spiro atoms. The van der Waals surface area contributed by atoms with Gasteiger partial charge in [-0.3, -0.25) is 0 Å². The van der Waals surface area contributed by atoms with Crippen molar-refractivity contribution in [3.63, 3.8) is 0 Å². The van der Waals surface area contributed by atoms with Crippen molar-refractivity contribution in [1.29, 1.82) is 0 Å². The average molecular weight is 778 g/mol. The van der Waals surface area contributed by atoms with E-state index in [0.29, 0.717) is 0 Å². The first kappa shape index (κ1) is 30.3. The summed E-state index contributed by atoms with van der Waals surface area (Å²) in [6.45, 7) is 1.92. The smallest absolute Gasteiger partial charge is 0.120 e. The summed E-state index contributed by atoms with van der Waals surface area (Å²) in [4.78, 5) is 8.95. The minimum absolute atomic E-state index is 0. The molecule has 0 saturated heterocycles. The molecule has 1 atom stereocenters. The summed E-state index contributed by atoms with van der Waals surface area (Å²) in [6.07, 6.45) is 10.4. The number of benzene rings is 4. The molecule has 0 amide bonds. The van der Waals surface area contributed by atoms with E-state index in [-0.39, 0.29) is 20.1 Å².